The third kappa shape index (κ3) is 6.85. The van der Waals surface area contributed by atoms with Crippen LogP contribution in [-0.4, -0.2) is 102 Å². The molecule has 9 rings (SSSR count). The van der Waals surface area contributed by atoms with Gasteiger partial charge in [-0.3, -0.25) is 39.3 Å². The molecule has 1 unspecified atom stereocenters. The van der Waals surface area contributed by atoms with Gasteiger partial charge in [0.05, 0.1) is 28.8 Å². The van der Waals surface area contributed by atoms with Crippen molar-refractivity contribution in [3.63, 3.8) is 0 Å². The van der Waals surface area contributed by atoms with Gasteiger partial charge in [0, 0.05) is 80.6 Å². The molecule has 3 fully saturated rings. The molecule has 298 valence electrons. The number of piperidine rings is 2. The van der Waals surface area contributed by atoms with Crippen LogP contribution in [0.1, 0.15) is 70.1 Å². The van der Waals surface area contributed by atoms with Crippen LogP contribution in [0, 0.1) is 24.5 Å². The van der Waals surface area contributed by atoms with Crippen molar-refractivity contribution in [3.8, 4) is 0 Å². The summed E-state index contributed by atoms with van der Waals surface area (Å²) in [5, 5.41) is 21.0. The number of anilines is 4. The molecule has 5 aromatic rings. The van der Waals surface area contributed by atoms with Crippen LogP contribution in [0.15, 0.2) is 48.7 Å². The molecule has 2 aromatic carbocycles. The molecule has 58 heavy (non-hydrogen) atoms. The predicted octanol–water partition coefficient (Wildman–Crippen LogP) is 3.58. The van der Waals surface area contributed by atoms with Gasteiger partial charge < -0.3 is 20.4 Å². The fourth-order valence-corrected chi connectivity index (χ4v) is 8.11. The van der Waals surface area contributed by atoms with Gasteiger partial charge in [0.25, 0.3) is 11.8 Å². The number of fused-ring (bicyclic) bond motifs is 2. The maximum Gasteiger partial charge on any atom is 0.262 e. The molecule has 0 spiro atoms. The lowest BCUT2D eigenvalue weighted by atomic mass is 9.93. The van der Waals surface area contributed by atoms with Gasteiger partial charge in [0.1, 0.15) is 23.5 Å². The third-order valence-electron chi connectivity index (χ3n) is 11.2. The molecule has 0 bridgehead atoms. The van der Waals surface area contributed by atoms with Gasteiger partial charge in [0.15, 0.2) is 11.5 Å². The van der Waals surface area contributed by atoms with Gasteiger partial charge in [0.2, 0.25) is 23.7 Å². The highest BCUT2D eigenvalue weighted by Gasteiger charge is 2.45. The fraction of sp³-hybridized carbons (Fsp3) is 0.359. The van der Waals surface area contributed by atoms with Gasteiger partial charge >= 0.3 is 0 Å². The molecule has 3 saturated heterocycles. The Hall–Kier alpha value is -6.79. The average Bonchev–Trinajstić information content (AvgIpc) is 3.88. The lowest BCUT2D eigenvalue weighted by Gasteiger charge is -2.42. The van der Waals surface area contributed by atoms with E-state index < -0.39 is 41.3 Å². The Balaban J connectivity index is 0.822. The second-order valence-electron chi connectivity index (χ2n) is 15.1. The third-order valence-corrected chi connectivity index (χ3v) is 11.2. The van der Waals surface area contributed by atoms with Gasteiger partial charge in [-0.2, -0.15) is 20.2 Å². The summed E-state index contributed by atoms with van der Waals surface area (Å²) in [6, 6.07) is 9.15. The van der Waals surface area contributed by atoms with E-state index in [0.29, 0.717) is 68.1 Å². The molecule has 5 amide bonds. The first-order valence-electron chi connectivity index (χ1n) is 19.1. The number of nitrogens with zero attached hydrogens (tertiary/aromatic N) is 8. The van der Waals surface area contributed by atoms with E-state index in [1.807, 2.05) is 22.6 Å². The summed E-state index contributed by atoms with van der Waals surface area (Å²) < 4.78 is 29.8. The molecule has 1 atom stereocenters. The maximum atomic E-state index is 14.4. The van der Waals surface area contributed by atoms with Crippen LogP contribution in [0.3, 0.4) is 0 Å². The van der Waals surface area contributed by atoms with Crippen molar-refractivity contribution >= 4 is 63.8 Å². The number of hydrogen-bond donors (Lipinski definition) is 4. The molecule has 0 saturated carbocycles. The molecule has 4 aliphatic rings. The normalized spacial score (nSPS) is 18.8. The minimum absolute atomic E-state index is 0.0190. The molecule has 4 aliphatic heterocycles. The smallest absolute Gasteiger partial charge is 0.262 e. The standard InChI is InChI=1S/C39H38F2N12O5/c1-20-12-31(49-48-20)44-34-28-17-43-53(35(28)47-39(46-34)42-16-22-2-3-23(40)14-29(22)41)24-8-10-50(11-9-24)33(55)13-21-18-51(19-21)25-4-5-26-27(15-25)38(58)52(37(26)57)30-6-7-32(54)45-36(30)56/h2-5,12,14-15,17,21,24,30H,6-11,13,16,18-19H2,1H3,(H,45,54,56)(H3,42,44,46,47,48,49). The van der Waals surface area contributed by atoms with E-state index in [-0.39, 0.29) is 59.9 Å². The summed E-state index contributed by atoms with van der Waals surface area (Å²) in [5.74, 6) is -2.16. The molecule has 0 aliphatic carbocycles. The summed E-state index contributed by atoms with van der Waals surface area (Å²) in [7, 11) is 0. The highest BCUT2D eigenvalue weighted by Crippen LogP contribution is 2.35. The summed E-state index contributed by atoms with van der Waals surface area (Å²) in [5.41, 5.74) is 2.85. The largest absolute Gasteiger partial charge is 0.371 e. The van der Waals surface area contributed by atoms with E-state index in [1.54, 1.807) is 24.4 Å². The number of imide groups is 2. The zero-order chi connectivity index (χ0) is 40.2. The van der Waals surface area contributed by atoms with Crippen molar-refractivity contribution in [2.24, 2.45) is 5.92 Å². The number of aryl methyl sites for hydroxylation is 1. The van der Waals surface area contributed by atoms with Crippen molar-refractivity contribution in [1.82, 2.24) is 45.1 Å². The van der Waals surface area contributed by atoms with Crippen molar-refractivity contribution in [2.45, 2.75) is 57.7 Å². The Morgan fingerprint density at radius 2 is 1.74 bits per heavy atom. The SMILES string of the molecule is Cc1cc(Nc2nc(NCc3ccc(F)cc3F)nc3c2cnn3C2CCN(C(=O)CC3CN(c4ccc5c(c4)C(=O)N(C4CCC(=O)NC4=O)C5=O)C3)CC2)n[nH]1. The number of carbonyl (C=O) groups is 5. The van der Waals surface area contributed by atoms with Crippen molar-refractivity contribution in [3.05, 3.63) is 82.7 Å². The van der Waals surface area contributed by atoms with Crippen LogP contribution in [0.4, 0.5) is 32.1 Å². The van der Waals surface area contributed by atoms with Crippen LogP contribution < -0.4 is 20.9 Å². The quantitative estimate of drug-likeness (QED) is 0.150. The summed E-state index contributed by atoms with van der Waals surface area (Å²) in [6.45, 7) is 4.17. The number of likely N-dealkylation sites (tertiary alicyclic amines) is 1. The zero-order valence-electron chi connectivity index (χ0n) is 31.3. The van der Waals surface area contributed by atoms with Crippen LogP contribution in [0.25, 0.3) is 11.0 Å². The summed E-state index contributed by atoms with van der Waals surface area (Å²) in [4.78, 5) is 78.1. The number of amides is 5. The number of aromatic amines is 1. The van der Waals surface area contributed by atoms with Crippen LogP contribution in [-0.2, 0) is 20.9 Å². The molecule has 17 nitrogen and oxygen atoms in total. The molecular formula is C39H38F2N12O5. The van der Waals surface area contributed by atoms with E-state index in [1.165, 1.54) is 12.1 Å². The zero-order valence-corrected chi connectivity index (χ0v) is 31.3. The number of benzene rings is 2. The first kappa shape index (κ1) is 36.8. The Labute approximate surface area is 329 Å². The number of rotatable bonds is 10. The maximum absolute atomic E-state index is 14.4. The Bertz CT molecular complexity index is 2510. The molecule has 3 aromatic heterocycles. The van der Waals surface area contributed by atoms with Gasteiger partial charge in [-0.05, 0) is 50.5 Å². The number of carbonyl (C=O) groups excluding carboxylic acids is 5. The van der Waals surface area contributed by atoms with Gasteiger partial charge in [-0.25, -0.2) is 13.5 Å². The lowest BCUT2D eigenvalue weighted by Crippen LogP contribution is -2.54. The Morgan fingerprint density at radius 1 is 0.948 bits per heavy atom. The lowest BCUT2D eigenvalue weighted by molar-refractivity contribution is -0.136. The molecule has 7 heterocycles. The second-order valence-corrected chi connectivity index (χ2v) is 15.1. The van der Waals surface area contributed by atoms with Crippen LogP contribution in [0.2, 0.25) is 0 Å². The molecule has 19 heteroatoms. The predicted molar refractivity (Wildman–Crippen MR) is 204 cm³/mol. The van der Waals surface area contributed by atoms with Gasteiger partial charge in [-0.15, -0.1) is 0 Å². The number of nitrogens with one attached hydrogen (secondary N) is 4. The highest BCUT2D eigenvalue weighted by atomic mass is 19.1. The monoisotopic (exact) mass is 792 g/mol. The minimum Gasteiger partial charge on any atom is -0.371 e. The topological polar surface area (TPSA) is 203 Å². The number of hydrogen-bond acceptors (Lipinski definition) is 12. The van der Waals surface area contributed by atoms with Crippen LogP contribution >= 0.6 is 0 Å². The van der Waals surface area contributed by atoms with E-state index in [0.717, 1.165) is 22.3 Å². The average molecular weight is 793 g/mol. The Kier molecular flexibility index (Phi) is 9.28. The Morgan fingerprint density at radius 3 is 2.48 bits per heavy atom. The summed E-state index contributed by atoms with van der Waals surface area (Å²) in [6.07, 6.45) is 3.49. The summed E-state index contributed by atoms with van der Waals surface area (Å²) >= 11 is 0. The van der Waals surface area contributed by atoms with E-state index in [9.17, 15) is 32.8 Å². The minimum atomic E-state index is -1.03. The first-order valence-corrected chi connectivity index (χ1v) is 19.1. The van der Waals surface area contributed by atoms with Crippen LogP contribution in [0.5, 0.6) is 0 Å². The molecule has 4 N–H and O–H groups in total. The number of aromatic nitrogens is 6. The van der Waals surface area contributed by atoms with E-state index >= 15 is 0 Å². The first-order chi connectivity index (χ1) is 28.0. The second kappa shape index (κ2) is 14.6. The van der Waals surface area contributed by atoms with Crippen molar-refractivity contribution < 1.29 is 32.8 Å². The number of H-pyrrole nitrogens is 1. The van der Waals surface area contributed by atoms with Gasteiger partial charge in [-0.1, -0.05) is 6.07 Å². The molecular weight excluding hydrogens is 755 g/mol. The van der Waals surface area contributed by atoms with Crippen molar-refractivity contribution in [1.29, 1.82) is 0 Å². The molecule has 0 radical (unpaired) electrons. The number of halogens is 2. The fourth-order valence-electron chi connectivity index (χ4n) is 8.11. The highest BCUT2D eigenvalue weighted by molar-refractivity contribution is 6.23. The van der Waals surface area contributed by atoms with E-state index in [2.05, 4.69) is 41.1 Å². The van der Waals surface area contributed by atoms with Crippen molar-refractivity contribution in [2.75, 3.05) is 41.7 Å². The van der Waals surface area contributed by atoms with E-state index in [4.69, 9.17) is 4.98 Å².